The molecular formula is C28H36N8O3S. The first kappa shape index (κ1) is 27.9. The summed E-state index contributed by atoms with van der Waals surface area (Å²) in [6.07, 6.45) is 15.0. The van der Waals surface area contributed by atoms with E-state index in [1.807, 2.05) is 19.4 Å². The second-order valence-corrected chi connectivity index (χ2v) is 11.4. The Hall–Kier alpha value is -3.61. The van der Waals surface area contributed by atoms with Gasteiger partial charge in [-0.15, -0.1) is 11.3 Å². The van der Waals surface area contributed by atoms with Crippen LogP contribution < -0.4 is 10.6 Å². The fourth-order valence-corrected chi connectivity index (χ4v) is 6.23. The van der Waals surface area contributed by atoms with Crippen molar-refractivity contribution in [1.29, 1.82) is 0 Å². The van der Waals surface area contributed by atoms with E-state index in [9.17, 15) is 14.7 Å². The minimum atomic E-state index is -0.320. The highest BCUT2D eigenvalue weighted by atomic mass is 32.1. The van der Waals surface area contributed by atoms with Crippen molar-refractivity contribution in [1.82, 2.24) is 34.6 Å². The van der Waals surface area contributed by atoms with Crippen LogP contribution in [0.4, 0.5) is 5.69 Å². The summed E-state index contributed by atoms with van der Waals surface area (Å²) >= 11 is 1.46. The number of carbonyl (C=O) groups excluding carboxylic acids is 2. The summed E-state index contributed by atoms with van der Waals surface area (Å²) in [6, 6.07) is 1.65. The summed E-state index contributed by atoms with van der Waals surface area (Å²) in [7, 11) is 1.86. The van der Waals surface area contributed by atoms with Crippen LogP contribution in [0.15, 0.2) is 37.1 Å². The van der Waals surface area contributed by atoms with Crippen LogP contribution in [-0.4, -0.2) is 79.0 Å². The number of nitrogens with one attached hydrogen (secondary N) is 2. The van der Waals surface area contributed by atoms with Crippen LogP contribution >= 0.6 is 11.3 Å². The maximum absolute atomic E-state index is 13.2. The number of aliphatic hydroxyl groups excluding tert-OH is 1. The summed E-state index contributed by atoms with van der Waals surface area (Å²) in [5.41, 5.74) is 2.85. The number of anilines is 1. The molecule has 0 spiro atoms. The molecule has 0 saturated heterocycles. The average molecular weight is 565 g/mol. The molecule has 40 heavy (non-hydrogen) atoms. The first-order chi connectivity index (χ1) is 19.4. The van der Waals surface area contributed by atoms with E-state index >= 15 is 0 Å². The number of nitrogens with zero attached hydrogens (tertiary/aromatic N) is 6. The Bertz CT molecular complexity index is 1470. The van der Waals surface area contributed by atoms with Gasteiger partial charge in [-0.3, -0.25) is 24.2 Å². The number of thiazole rings is 1. The highest BCUT2D eigenvalue weighted by molar-refractivity contribution is 7.21. The maximum Gasteiger partial charge on any atom is 0.260 e. The molecule has 2 amide bonds. The summed E-state index contributed by atoms with van der Waals surface area (Å²) in [4.78, 5) is 34.4. The Balaban J connectivity index is 1.21. The third kappa shape index (κ3) is 6.57. The van der Waals surface area contributed by atoms with Crippen molar-refractivity contribution in [3.8, 4) is 10.4 Å². The molecule has 12 heteroatoms. The predicted molar refractivity (Wildman–Crippen MR) is 155 cm³/mol. The summed E-state index contributed by atoms with van der Waals surface area (Å²) in [5.74, 6) is 0.0909. The largest absolute Gasteiger partial charge is 0.395 e. The van der Waals surface area contributed by atoms with Gasteiger partial charge in [0.05, 0.1) is 46.4 Å². The Morgan fingerprint density at radius 1 is 1.10 bits per heavy atom. The molecule has 1 aliphatic carbocycles. The van der Waals surface area contributed by atoms with Crippen molar-refractivity contribution >= 4 is 33.7 Å². The lowest BCUT2D eigenvalue weighted by atomic mass is 9.89. The molecule has 0 aliphatic heterocycles. The minimum absolute atomic E-state index is 0.103. The number of fused-ring (bicyclic) bond motifs is 1. The number of carbonyl (C=O) groups is 2. The molecule has 1 aliphatic rings. The van der Waals surface area contributed by atoms with Crippen LogP contribution in [0.1, 0.15) is 58.5 Å². The van der Waals surface area contributed by atoms with Crippen LogP contribution in [0.3, 0.4) is 0 Å². The van der Waals surface area contributed by atoms with Crippen molar-refractivity contribution in [3.05, 3.63) is 53.9 Å². The van der Waals surface area contributed by atoms with Crippen LogP contribution in [0.5, 0.6) is 0 Å². The molecule has 1 fully saturated rings. The molecule has 0 unspecified atom stereocenters. The molecule has 4 aromatic rings. The van der Waals surface area contributed by atoms with Crippen LogP contribution in [0, 0.1) is 12.8 Å². The molecule has 4 aromatic heterocycles. The third-order valence-electron chi connectivity index (χ3n) is 7.40. The fraction of sp³-hybridized carbons (Fsp3) is 0.464. The summed E-state index contributed by atoms with van der Waals surface area (Å²) in [5, 5.41) is 23.9. The molecule has 5 rings (SSSR count). The number of aryl methyl sites for hydroxylation is 2. The van der Waals surface area contributed by atoms with E-state index in [0.29, 0.717) is 48.1 Å². The molecule has 1 saturated carbocycles. The van der Waals surface area contributed by atoms with Gasteiger partial charge in [-0.25, -0.2) is 4.52 Å². The number of pyridine rings is 1. The van der Waals surface area contributed by atoms with E-state index in [2.05, 4.69) is 30.7 Å². The zero-order chi connectivity index (χ0) is 28.1. The van der Waals surface area contributed by atoms with Crippen molar-refractivity contribution in [3.63, 3.8) is 0 Å². The number of aromatic nitrogens is 5. The van der Waals surface area contributed by atoms with Gasteiger partial charge in [0.1, 0.15) is 4.83 Å². The minimum Gasteiger partial charge on any atom is -0.395 e. The van der Waals surface area contributed by atoms with Gasteiger partial charge in [-0.2, -0.15) is 10.2 Å². The van der Waals surface area contributed by atoms with Crippen molar-refractivity contribution < 1.29 is 14.7 Å². The SMILES string of the molecule is Cc1ncc(C(=O)NCCN(CCO)CC2CCCCC2)cc1NC(=O)c1cnn2cc(-c3cnn(C)c3)sc12. The lowest BCUT2D eigenvalue weighted by molar-refractivity contribution is 0.0941. The highest BCUT2D eigenvalue weighted by Gasteiger charge is 2.20. The van der Waals surface area contributed by atoms with Crippen LogP contribution in [0.25, 0.3) is 15.3 Å². The van der Waals surface area contributed by atoms with E-state index in [1.54, 1.807) is 34.6 Å². The van der Waals surface area contributed by atoms with E-state index < -0.39 is 0 Å². The molecule has 3 N–H and O–H groups in total. The Morgan fingerprint density at radius 2 is 1.93 bits per heavy atom. The number of aliphatic hydroxyl groups is 1. The van der Waals surface area contributed by atoms with Gasteiger partial charge in [-0.1, -0.05) is 19.3 Å². The molecule has 4 heterocycles. The highest BCUT2D eigenvalue weighted by Crippen LogP contribution is 2.30. The fourth-order valence-electron chi connectivity index (χ4n) is 5.20. The summed E-state index contributed by atoms with van der Waals surface area (Å²) < 4.78 is 3.41. The first-order valence-corrected chi connectivity index (χ1v) is 14.6. The van der Waals surface area contributed by atoms with Gasteiger partial charge in [-0.05, 0) is 31.7 Å². The van der Waals surface area contributed by atoms with Gasteiger partial charge in [0.2, 0.25) is 0 Å². The van der Waals surface area contributed by atoms with E-state index in [-0.39, 0.29) is 18.4 Å². The third-order valence-corrected chi connectivity index (χ3v) is 8.56. The standard InChI is InChI=1S/C28H36N8O3S/c1-19-24(33-27(39)23-15-32-36-18-25(40-28(23)36)22-14-31-34(2)17-22)12-21(13-30-19)26(38)29-8-9-35(10-11-37)16-20-6-4-3-5-7-20/h12-15,17-18,20,37H,3-11,16H2,1-2H3,(H,29,38)(H,33,39). The quantitative estimate of drug-likeness (QED) is 0.255. The molecule has 0 bridgehead atoms. The zero-order valence-corrected chi connectivity index (χ0v) is 23.8. The Kier molecular flexibility index (Phi) is 8.88. The van der Waals surface area contributed by atoms with E-state index in [4.69, 9.17) is 0 Å². The van der Waals surface area contributed by atoms with Crippen molar-refractivity contribution in [2.24, 2.45) is 13.0 Å². The maximum atomic E-state index is 13.2. The molecule has 0 atom stereocenters. The second-order valence-electron chi connectivity index (χ2n) is 10.4. The van der Waals surface area contributed by atoms with Gasteiger partial charge >= 0.3 is 0 Å². The van der Waals surface area contributed by atoms with Gasteiger partial charge in [0.15, 0.2) is 0 Å². The smallest absolute Gasteiger partial charge is 0.260 e. The topological polar surface area (TPSA) is 130 Å². The summed E-state index contributed by atoms with van der Waals surface area (Å²) in [6.45, 7) is 4.58. The Labute approximate surface area is 237 Å². The normalized spacial score (nSPS) is 14.2. The first-order valence-electron chi connectivity index (χ1n) is 13.8. The Morgan fingerprint density at radius 3 is 2.67 bits per heavy atom. The molecule has 0 aromatic carbocycles. The number of hydrogen-bond acceptors (Lipinski definition) is 8. The van der Waals surface area contributed by atoms with Crippen molar-refractivity contribution in [2.45, 2.75) is 39.0 Å². The lowest BCUT2D eigenvalue weighted by Crippen LogP contribution is -2.39. The molecular weight excluding hydrogens is 528 g/mol. The van der Waals surface area contributed by atoms with E-state index in [0.717, 1.165) is 21.8 Å². The molecule has 212 valence electrons. The number of amides is 2. The van der Waals surface area contributed by atoms with Gasteiger partial charge < -0.3 is 15.7 Å². The molecule has 0 radical (unpaired) electrons. The number of rotatable bonds is 11. The van der Waals surface area contributed by atoms with Gasteiger partial charge in [0, 0.05) is 57.4 Å². The zero-order valence-electron chi connectivity index (χ0n) is 23.0. The van der Waals surface area contributed by atoms with Crippen LogP contribution in [-0.2, 0) is 7.05 Å². The second kappa shape index (κ2) is 12.7. The molecule has 11 nitrogen and oxygen atoms in total. The van der Waals surface area contributed by atoms with Gasteiger partial charge in [0.25, 0.3) is 11.8 Å². The predicted octanol–water partition coefficient (Wildman–Crippen LogP) is 3.36. The van der Waals surface area contributed by atoms with E-state index in [1.165, 1.54) is 49.6 Å². The average Bonchev–Trinajstić information content (AvgIpc) is 3.66. The lowest BCUT2D eigenvalue weighted by Gasteiger charge is -2.29. The van der Waals surface area contributed by atoms with Crippen molar-refractivity contribution in [2.75, 3.05) is 38.1 Å². The van der Waals surface area contributed by atoms with Crippen LogP contribution in [0.2, 0.25) is 0 Å². The number of hydrogen-bond donors (Lipinski definition) is 3. The monoisotopic (exact) mass is 564 g/mol.